The number of hydrogen-bond acceptors (Lipinski definition) is 2. The summed E-state index contributed by atoms with van der Waals surface area (Å²) >= 11 is 5.62. The number of nitrogens with two attached hydrogens (primary N) is 1. The average Bonchev–Trinajstić information content (AvgIpc) is 1.99. The Morgan fingerprint density at radius 2 is 2.17 bits per heavy atom. The van der Waals surface area contributed by atoms with Crippen molar-refractivity contribution in [3.63, 3.8) is 0 Å². The van der Waals surface area contributed by atoms with E-state index < -0.39 is 6.43 Å². The van der Waals surface area contributed by atoms with Gasteiger partial charge >= 0.3 is 0 Å². The molecule has 0 radical (unpaired) electrons. The highest BCUT2D eigenvalue weighted by molar-refractivity contribution is 6.33. The summed E-state index contributed by atoms with van der Waals surface area (Å²) in [6.45, 7) is 1.53. The molecule has 0 aliphatic heterocycles. The number of halogens is 3. The first-order chi connectivity index (χ1) is 5.52. The van der Waals surface area contributed by atoms with Crippen LogP contribution in [0.25, 0.3) is 0 Å². The predicted molar refractivity (Wildman–Crippen MR) is 43.4 cm³/mol. The number of nitrogen functional groups attached to an aromatic ring is 1. The second-order valence-electron chi connectivity index (χ2n) is 2.34. The van der Waals surface area contributed by atoms with E-state index in [0.717, 1.165) is 6.07 Å². The normalized spacial score (nSPS) is 10.8. The average molecular weight is 193 g/mol. The molecule has 0 aliphatic carbocycles. The number of nitrogens with zero attached hydrogens (tertiary/aromatic N) is 1. The van der Waals surface area contributed by atoms with Gasteiger partial charge in [-0.25, -0.2) is 8.78 Å². The van der Waals surface area contributed by atoms with Crippen molar-refractivity contribution in [1.82, 2.24) is 4.98 Å². The van der Waals surface area contributed by atoms with Crippen molar-refractivity contribution in [2.24, 2.45) is 0 Å². The minimum atomic E-state index is -2.61. The van der Waals surface area contributed by atoms with E-state index >= 15 is 0 Å². The maximum Gasteiger partial charge on any atom is 0.280 e. The first-order valence-corrected chi connectivity index (χ1v) is 3.61. The zero-order valence-corrected chi connectivity index (χ0v) is 7.07. The Hall–Kier alpha value is -0.900. The highest BCUT2D eigenvalue weighted by atomic mass is 35.5. The first kappa shape index (κ1) is 9.19. The molecule has 0 unspecified atom stereocenters. The van der Waals surface area contributed by atoms with Crippen LogP contribution >= 0.6 is 11.6 Å². The Kier molecular flexibility index (Phi) is 2.47. The lowest BCUT2D eigenvalue weighted by Crippen LogP contribution is -1.97. The second kappa shape index (κ2) is 3.23. The fourth-order valence-electron chi connectivity index (χ4n) is 0.818. The van der Waals surface area contributed by atoms with Crippen molar-refractivity contribution >= 4 is 17.3 Å². The van der Waals surface area contributed by atoms with Gasteiger partial charge in [-0.15, -0.1) is 0 Å². The molecule has 0 bridgehead atoms. The molecule has 0 aromatic carbocycles. The summed E-state index contributed by atoms with van der Waals surface area (Å²) in [7, 11) is 0. The molecular weight excluding hydrogens is 186 g/mol. The smallest absolute Gasteiger partial charge is 0.280 e. The molecule has 1 aromatic rings. The summed E-state index contributed by atoms with van der Waals surface area (Å²) < 4.78 is 24.2. The molecule has 12 heavy (non-hydrogen) atoms. The number of aromatic nitrogens is 1. The van der Waals surface area contributed by atoms with Crippen LogP contribution in [0.1, 0.15) is 17.8 Å². The molecule has 0 aliphatic rings. The number of anilines is 1. The van der Waals surface area contributed by atoms with Crippen LogP contribution in [0.5, 0.6) is 0 Å². The lowest BCUT2D eigenvalue weighted by Gasteiger charge is -2.04. The van der Waals surface area contributed by atoms with Gasteiger partial charge < -0.3 is 5.73 Å². The van der Waals surface area contributed by atoms with Crippen LogP contribution in [-0.4, -0.2) is 4.98 Å². The van der Waals surface area contributed by atoms with Crippen molar-refractivity contribution in [1.29, 1.82) is 0 Å². The second-order valence-corrected chi connectivity index (χ2v) is 2.71. The summed E-state index contributed by atoms with van der Waals surface area (Å²) in [5, 5.41) is 0.236. The van der Waals surface area contributed by atoms with Crippen molar-refractivity contribution in [2.75, 3.05) is 5.73 Å². The lowest BCUT2D eigenvalue weighted by atomic mass is 10.3. The van der Waals surface area contributed by atoms with Crippen LogP contribution in [-0.2, 0) is 0 Å². The third kappa shape index (κ3) is 1.64. The summed E-state index contributed by atoms with van der Waals surface area (Å²) in [5.41, 5.74) is 5.48. The SMILES string of the molecule is Cc1nc(C(F)F)cc(N)c1Cl. The molecule has 1 aromatic heterocycles. The molecule has 5 heteroatoms. The third-order valence-electron chi connectivity index (χ3n) is 1.39. The fraction of sp³-hybridized carbons (Fsp3) is 0.286. The zero-order chi connectivity index (χ0) is 9.30. The Morgan fingerprint density at radius 3 is 2.58 bits per heavy atom. The van der Waals surface area contributed by atoms with Crippen molar-refractivity contribution < 1.29 is 8.78 Å². The van der Waals surface area contributed by atoms with Crippen LogP contribution in [0.2, 0.25) is 5.02 Å². The van der Waals surface area contributed by atoms with E-state index in [0.29, 0.717) is 5.69 Å². The minimum absolute atomic E-state index is 0.138. The molecule has 0 amide bonds. The van der Waals surface area contributed by atoms with Crippen molar-refractivity contribution in [3.8, 4) is 0 Å². The maximum atomic E-state index is 12.1. The number of hydrogen-bond donors (Lipinski definition) is 1. The van der Waals surface area contributed by atoms with E-state index in [1.807, 2.05) is 0 Å². The minimum Gasteiger partial charge on any atom is -0.397 e. The Morgan fingerprint density at radius 1 is 1.58 bits per heavy atom. The van der Waals surface area contributed by atoms with Gasteiger partial charge in [-0.1, -0.05) is 11.6 Å². The van der Waals surface area contributed by atoms with Gasteiger partial charge in [0.1, 0.15) is 5.69 Å². The van der Waals surface area contributed by atoms with Gasteiger partial charge in [-0.05, 0) is 13.0 Å². The molecule has 0 saturated carbocycles. The summed E-state index contributed by atoms with van der Waals surface area (Å²) in [6.07, 6.45) is -2.61. The van der Waals surface area contributed by atoms with Gasteiger partial charge in [-0.2, -0.15) is 0 Å². The van der Waals surface area contributed by atoms with Gasteiger partial charge in [0.15, 0.2) is 0 Å². The molecule has 2 nitrogen and oxygen atoms in total. The molecule has 2 N–H and O–H groups in total. The van der Waals surface area contributed by atoms with Crippen molar-refractivity contribution in [3.05, 3.63) is 22.5 Å². The maximum absolute atomic E-state index is 12.1. The van der Waals surface area contributed by atoms with Crippen LogP contribution in [0.4, 0.5) is 14.5 Å². The molecule has 1 heterocycles. The molecule has 1 rings (SSSR count). The van der Waals surface area contributed by atoms with Crippen LogP contribution in [0, 0.1) is 6.92 Å². The zero-order valence-electron chi connectivity index (χ0n) is 6.31. The fourth-order valence-corrected chi connectivity index (χ4v) is 0.915. The monoisotopic (exact) mass is 192 g/mol. The van der Waals surface area contributed by atoms with Gasteiger partial charge in [0.05, 0.1) is 16.4 Å². The highest BCUT2D eigenvalue weighted by Gasteiger charge is 2.12. The van der Waals surface area contributed by atoms with Crippen LogP contribution in [0.15, 0.2) is 6.07 Å². The molecule has 0 atom stereocenters. The number of alkyl halides is 2. The summed E-state index contributed by atoms with van der Waals surface area (Å²) in [4.78, 5) is 3.57. The van der Waals surface area contributed by atoms with Gasteiger partial charge in [0, 0.05) is 0 Å². The molecular formula is C7H7ClF2N2. The largest absolute Gasteiger partial charge is 0.397 e. The van der Waals surface area contributed by atoms with E-state index in [-0.39, 0.29) is 16.4 Å². The van der Waals surface area contributed by atoms with E-state index in [9.17, 15) is 8.78 Å². The first-order valence-electron chi connectivity index (χ1n) is 3.23. The topological polar surface area (TPSA) is 38.9 Å². The summed E-state index contributed by atoms with van der Waals surface area (Å²) in [6, 6.07) is 1.08. The molecule has 66 valence electrons. The Labute approximate surface area is 73.4 Å². The van der Waals surface area contributed by atoms with Gasteiger partial charge in [0.2, 0.25) is 0 Å². The van der Waals surface area contributed by atoms with E-state index in [1.54, 1.807) is 0 Å². The van der Waals surface area contributed by atoms with Gasteiger partial charge in [-0.3, -0.25) is 4.98 Å². The van der Waals surface area contributed by atoms with E-state index in [1.165, 1.54) is 6.92 Å². The predicted octanol–water partition coefficient (Wildman–Crippen LogP) is 2.56. The number of aryl methyl sites for hydroxylation is 1. The summed E-state index contributed by atoms with van der Waals surface area (Å²) in [5.74, 6) is 0. The number of rotatable bonds is 1. The Balaban J connectivity index is 3.21. The lowest BCUT2D eigenvalue weighted by molar-refractivity contribution is 0.146. The standard InChI is InChI=1S/C7H7ClF2N2/c1-3-6(8)4(11)2-5(12-3)7(9)10/h2,7H,1H3,(H2,11,12). The Bertz CT molecular complexity index is 278. The number of pyridine rings is 1. The third-order valence-corrected chi connectivity index (χ3v) is 1.89. The molecule has 0 fully saturated rings. The molecule has 0 spiro atoms. The molecule has 0 saturated heterocycles. The van der Waals surface area contributed by atoms with Gasteiger partial charge in [0.25, 0.3) is 6.43 Å². The van der Waals surface area contributed by atoms with Crippen LogP contribution in [0.3, 0.4) is 0 Å². The highest BCUT2D eigenvalue weighted by Crippen LogP contribution is 2.26. The quantitative estimate of drug-likeness (QED) is 0.743. The van der Waals surface area contributed by atoms with Crippen molar-refractivity contribution in [2.45, 2.75) is 13.3 Å². The van der Waals surface area contributed by atoms with E-state index in [2.05, 4.69) is 4.98 Å². The van der Waals surface area contributed by atoms with Crippen LogP contribution < -0.4 is 5.73 Å². The van der Waals surface area contributed by atoms with E-state index in [4.69, 9.17) is 17.3 Å².